The van der Waals surface area contributed by atoms with Gasteiger partial charge in [-0.15, -0.1) is 0 Å². The van der Waals surface area contributed by atoms with E-state index in [1.807, 2.05) is 13.1 Å². The summed E-state index contributed by atoms with van der Waals surface area (Å²) in [6.45, 7) is 10.3. The summed E-state index contributed by atoms with van der Waals surface area (Å²) in [7, 11) is -0.761. The number of nitrogens with zero attached hydrogens (tertiary/aromatic N) is 1. The lowest BCUT2D eigenvalue weighted by Gasteiger charge is -2.36. The molecule has 0 bridgehead atoms. The van der Waals surface area contributed by atoms with Crippen LogP contribution in [0.25, 0.3) is 0 Å². The van der Waals surface area contributed by atoms with E-state index < -0.39 is 19.9 Å². The Morgan fingerprint density at radius 1 is 1.19 bits per heavy atom. The third kappa shape index (κ3) is 4.24. The number of methoxy groups -OCH3 is 1. The second-order valence-electron chi connectivity index (χ2n) is 7.52. The molecule has 0 saturated heterocycles. The first kappa shape index (κ1) is 20.4. The van der Waals surface area contributed by atoms with Gasteiger partial charge in [-0.1, -0.05) is 32.4 Å². The van der Waals surface area contributed by atoms with Crippen LogP contribution in [-0.4, -0.2) is 26.2 Å². The number of hydrogen-bond donors (Lipinski definition) is 0. The van der Waals surface area contributed by atoms with Gasteiger partial charge < -0.3 is 9.16 Å². The number of ketones is 1. The van der Waals surface area contributed by atoms with Crippen molar-refractivity contribution >= 4 is 25.7 Å². The zero-order valence-electron chi connectivity index (χ0n) is 15.8. The van der Waals surface area contributed by atoms with Crippen molar-refractivity contribution in [3.8, 4) is 11.6 Å². The van der Waals surface area contributed by atoms with Crippen LogP contribution in [0.3, 0.4) is 0 Å². The van der Waals surface area contributed by atoms with E-state index in [9.17, 15) is 9.18 Å². The van der Waals surface area contributed by atoms with Gasteiger partial charge in [0, 0.05) is 5.56 Å². The van der Waals surface area contributed by atoms with Crippen LogP contribution in [0, 0.1) is 5.82 Å². The molecule has 1 aromatic heterocycles. The van der Waals surface area contributed by atoms with Gasteiger partial charge in [0.25, 0.3) is 8.32 Å². The largest absolute Gasteiger partial charge is 0.542 e. The first-order valence-corrected chi connectivity index (χ1v) is 11.5. The monoisotopic (exact) mass is 395 g/mol. The number of carbonyl (C=O) groups is 1. The Balaban J connectivity index is 2.31. The van der Waals surface area contributed by atoms with Crippen LogP contribution in [0.4, 0.5) is 4.39 Å². The van der Waals surface area contributed by atoms with Crippen molar-refractivity contribution in [2.45, 2.75) is 38.9 Å². The summed E-state index contributed by atoms with van der Waals surface area (Å²) in [6.07, 6.45) is 0. The summed E-state index contributed by atoms with van der Waals surface area (Å²) in [5.41, 5.74) is 0.311. The summed E-state index contributed by atoms with van der Waals surface area (Å²) >= 11 is 5.92. The maximum absolute atomic E-state index is 14.5. The summed E-state index contributed by atoms with van der Waals surface area (Å²) < 4.78 is 25.5. The molecular weight excluding hydrogens is 373 g/mol. The first-order chi connectivity index (χ1) is 12.0. The second-order valence-corrected chi connectivity index (χ2v) is 12.7. The van der Waals surface area contributed by atoms with Crippen LogP contribution in [0.2, 0.25) is 23.2 Å². The molecule has 0 atom stereocenters. The highest BCUT2D eigenvalue weighted by atomic mass is 35.5. The van der Waals surface area contributed by atoms with Gasteiger partial charge in [0.05, 0.1) is 7.11 Å². The number of aromatic nitrogens is 1. The fourth-order valence-electron chi connectivity index (χ4n) is 1.99. The third-order valence-corrected chi connectivity index (χ3v) is 9.24. The van der Waals surface area contributed by atoms with Crippen LogP contribution in [0.5, 0.6) is 11.6 Å². The highest BCUT2D eigenvalue weighted by Gasteiger charge is 2.39. The van der Waals surface area contributed by atoms with E-state index in [1.54, 1.807) is 0 Å². The van der Waals surface area contributed by atoms with Gasteiger partial charge in [-0.25, -0.2) is 9.37 Å². The van der Waals surface area contributed by atoms with Crippen molar-refractivity contribution in [1.29, 1.82) is 0 Å². The Kier molecular flexibility index (Phi) is 5.78. The molecule has 0 spiro atoms. The fourth-order valence-corrected chi connectivity index (χ4v) is 3.20. The Hall–Kier alpha value is -1.92. The third-order valence-electron chi connectivity index (χ3n) is 4.61. The average Bonchev–Trinajstić information content (AvgIpc) is 2.55. The molecule has 0 saturated carbocycles. The Morgan fingerprint density at radius 2 is 1.85 bits per heavy atom. The minimum absolute atomic E-state index is 0.0578. The molecule has 1 heterocycles. The van der Waals surface area contributed by atoms with Crippen LogP contribution in [-0.2, 0) is 0 Å². The molecule has 2 aromatic rings. The predicted molar refractivity (Wildman–Crippen MR) is 103 cm³/mol. The lowest BCUT2D eigenvalue weighted by atomic mass is 10.1. The van der Waals surface area contributed by atoms with Crippen molar-refractivity contribution < 1.29 is 18.3 Å². The first-order valence-electron chi connectivity index (χ1n) is 8.20. The molecule has 0 amide bonds. The number of rotatable bonds is 5. The molecule has 140 valence electrons. The lowest BCUT2D eigenvalue weighted by molar-refractivity contribution is 0.103. The molecule has 7 heteroatoms. The number of hydrogen-bond acceptors (Lipinski definition) is 4. The predicted octanol–water partition coefficient (Wildman–Crippen LogP) is 5.50. The second kappa shape index (κ2) is 7.37. The van der Waals surface area contributed by atoms with Crippen LogP contribution >= 0.6 is 11.6 Å². The minimum atomic E-state index is -2.17. The molecule has 0 aliphatic heterocycles. The topological polar surface area (TPSA) is 48.4 Å². The Labute approximate surface area is 159 Å². The van der Waals surface area contributed by atoms with Crippen molar-refractivity contribution in [2.24, 2.45) is 0 Å². The normalized spacial score (nSPS) is 12.0. The van der Waals surface area contributed by atoms with Crippen molar-refractivity contribution in [2.75, 3.05) is 7.11 Å². The van der Waals surface area contributed by atoms with Crippen molar-refractivity contribution in [3.63, 3.8) is 0 Å². The van der Waals surface area contributed by atoms with E-state index in [-0.39, 0.29) is 27.9 Å². The van der Waals surface area contributed by atoms with E-state index in [2.05, 4.69) is 25.8 Å². The molecule has 0 aliphatic carbocycles. The molecule has 0 N–H and O–H groups in total. The maximum Gasteiger partial charge on any atom is 0.250 e. The van der Waals surface area contributed by atoms with Gasteiger partial charge >= 0.3 is 0 Å². The molecule has 1 aromatic carbocycles. The van der Waals surface area contributed by atoms with E-state index in [0.717, 1.165) is 0 Å². The number of halogens is 2. The highest BCUT2D eigenvalue weighted by Crippen LogP contribution is 2.38. The quantitative estimate of drug-likeness (QED) is 0.495. The standard InChI is InChI=1S/C19H23ClFNO3Si/c1-19(2,3)26(5,6)25-16-10-7-12(11-14(16)21)17(23)15-9-8-13(20)18(22-15)24-4/h7-11H,1-6H3. The maximum atomic E-state index is 14.5. The van der Waals surface area contributed by atoms with Gasteiger partial charge in [-0.3, -0.25) is 4.79 Å². The molecule has 0 unspecified atom stereocenters. The van der Waals surface area contributed by atoms with E-state index in [1.165, 1.54) is 37.4 Å². The lowest BCUT2D eigenvalue weighted by Crippen LogP contribution is -2.44. The van der Waals surface area contributed by atoms with Gasteiger partial charge in [0.15, 0.2) is 5.82 Å². The number of ether oxygens (including phenoxy) is 1. The van der Waals surface area contributed by atoms with E-state index in [0.29, 0.717) is 5.02 Å². The molecule has 0 radical (unpaired) electrons. The van der Waals surface area contributed by atoms with Crippen LogP contribution in [0.1, 0.15) is 36.8 Å². The van der Waals surface area contributed by atoms with Gasteiger partial charge in [-0.05, 0) is 48.5 Å². The summed E-state index contributed by atoms with van der Waals surface area (Å²) in [4.78, 5) is 16.6. The zero-order valence-corrected chi connectivity index (χ0v) is 17.6. The van der Waals surface area contributed by atoms with Crippen molar-refractivity contribution in [1.82, 2.24) is 4.98 Å². The molecular formula is C19H23ClFNO3Si. The molecule has 0 fully saturated rings. The molecule has 2 rings (SSSR count). The Bertz CT molecular complexity index is 834. The van der Waals surface area contributed by atoms with Crippen LogP contribution < -0.4 is 9.16 Å². The van der Waals surface area contributed by atoms with E-state index in [4.69, 9.17) is 20.8 Å². The Morgan fingerprint density at radius 3 is 2.38 bits per heavy atom. The van der Waals surface area contributed by atoms with Gasteiger partial charge in [0.2, 0.25) is 11.7 Å². The highest BCUT2D eigenvalue weighted by molar-refractivity contribution is 6.74. The van der Waals surface area contributed by atoms with Crippen LogP contribution in [0.15, 0.2) is 30.3 Å². The number of carbonyl (C=O) groups excluding carboxylic acids is 1. The summed E-state index contributed by atoms with van der Waals surface area (Å²) in [5.74, 6) is -0.676. The van der Waals surface area contributed by atoms with Crippen molar-refractivity contribution in [3.05, 3.63) is 52.4 Å². The smallest absolute Gasteiger partial charge is 0.250 e. The van der Waals surface area contributed by atoms with E-state index >= 15 is 0 Å². The zero-order chi connectivity index (χ0) is 19.7. The minimum Gasteiger partial charge on any atom is -0.542 e. The van der Waals surface area contributed by atoms with Gasteiger partial charge in [0.1, 0.15) is 16.5 Å². The summed E-state index contributed by atoms with van der Waals surface area (Å²) in [6, 6.07) is 7.21. The average molecular weight is 396 g/mol. The molecule has 26 heavy (non-hydrogen) atoms. The fraction of sp³-hybridized carbons (Fsp3) is 0.368. The number of benzene rings is 1. The summed E-state index contributed by atoms with van der Waals surface area (Å²) in [5, 5.41) is 0.242. The number of pyridine rings is 1. The molecule has 4 nitrogen and oxygen atoms in total. The van der Waals surface area contributed by atoms with Gasteiger partial charge in [-0.2, -0.15) is 0 Å². The SMILES string of the molecule is COc1nc(C(=O)c2ccc(O[Si](C)(C)C(C)(C)C)c(F)c2)ccc1Cl. The molecule has 0 aliphatic rings.